The van der Waals surface area contributed by atoms with E-state index in [0.29, 0.717) is 18.2 Å². The molecule has 0 aliphatic rings. The quantitative estimate of drug-likeness (QED) is 0.461. The number of hydrogen-bond acceptors (Lipinski definition) is 4. The number of benzene rings is 1. The molecule has 0 atom stereocenters. The molecule has 0 bridgehead atoms. The Bertz CT molecular complexity index is 738. The smallest absolute Gasteiger partial charge is 0.153 e. The van der Waals surface area contributed by atoms with Crippen molar-refractivity contribution >= 4 is 34.9 Å². The molecule has 4 nitrogen and oxygen atoms in total. The molecule has 3 rings (SSSR count). The third-order valence-electron chi connectivity index (χ3n) is 2.98. The largest absolute Gasteiger partial charge is 0.490 e. The summed E-state index contributed by atoms with van der Waals surface area (Å²) in [5.74, 6) is 1.56. The lowest BCUT2D eigenvalue weighted by Crippen LogP contribution is -2.06. The van der Waals surface area contributed by atoms with Gasteiger partial charge in [-0.15, -0.1) is 11.3 Å². The third kappa shape index (κ3) is 4.61. The zero-order valence-corrected chi connectivity index (χ0v) is 13.8. The highest BCUT2D eigenvalue weighted by Gasteiger charge is 2.05. The van der Waals surface area contributed by atoms with E-state index in [1.807, 2.05) is 46.6 Å². The molecular weight excluding hydrogens is 332 g/mol. The monoisotopic (exact) mass is 346 g/mol. The van der Waals surface area contributed by atoms with E-state index in [1.54, 1.807) is 36.0 Å². The van der Waals surface area contributed by atoms with Gasteiger partial charge in [0, 0.05) is 17.4 Å². The van der Waals surface area contributed by atoms with Crippen molar-refractivity contribution in [2.75, 3.05) is 13.2 Å². The van der Waals surface area contributed by atoms with Crippen LogP contribution in [0.2, 0.25) is 5.02 Å². The second-order valence-corrected chi connectivity index (χ2v) is 6.02. The number of halogens is 1. The van der Waals surface area contributed by atoms with E-state index in [4.69, 9.17) is 21.1 Å². The van der Waals surface area contributed by atoms with Crippen LogP contribution in [0.5, 0.6) is 5.75 Å². The highest BCUT2D eigenvalue weighted by molar-refractivity contribution is 7.11. The van der Waals surface area contributed by atoms with E-state index in [-0.39, 0.29) is 0 Å². The highest BCUT2D eigenvalue weighted by atomic mass is 35.5. The van der Waals surface area contributed by atoms with E-state index in [0.717, 1.165) is 16.4 Å². The predicted molar refractivity (Wildman–Crippen MR) is 93.6 cm³/mol. The van der Waals surface area contributed by atoms with Crippen LogP contribution in [0.3, 0.4) is 0 Å². The SMILES string of the molecule is Clc1ccc(OCCO/C(=C/n2ccnc2)c2cccs2)cc1. The molecule has 0 spiro atoms. The summed E-state index contributed by atoms with van der Waals surface area (Å²) in [6.45, 7) is 0.898. The van der Waals surface area contributed by atoms with Crippen molar-refractivity contribution in [1.29, 1.82) is 0 Å². The summed E-state index contributed by atoms with van der Waals surface area (Å²) in [6, 6.07) is 11.3. The van der Waals surface area contributed by atoms with Gasteiger partial charge in [0.05, 0.1) is 17.4 Å². The Morgan fingerprint density at radius 3 is 2.78 bits per heavy atom. The van der Waals surface area contributed by atoms with Crippen LogP contribution in [0.15, 0.2) is 60.5 Å². The van der Waals surface area contributed by atoms with Crippen molar-refractivity contribution in [3.05, 3.63) is 70.4 Å². The molecule has 3 aromatic rings. The molecule has 0 aliphatic carbocycles. The molecule has 23 heavy (non-hydrogen) atoms. The number of hydrogen-bond donors (Lipinski definition) is 0. The van der Waals surface area contributed by atoms with E-state index in [1.165, 1.54) is 0 Å². The van der Waals surface area contributed by atoms with Crippen LogP contribution in [-0.4, -0.2) is 22.8 Å². The predicted octanol–water partition coefficient (Wildman–Crippen LogP) is 4.65. The molecule has 0 unspecified atom stereocenters. The summed E-state index contributed by atoms with van der Waals surface area (Å²) >= 11 is 7.47. The first-order valence-corrected chi connectivity index (χ1v) is 8.31. The van der Waals surface area contributed by atoms with Gasteiger partial charge in [0.15, 0.2) is 5.76 Å². The number of imidazole rings is 1. The van der Waals surface area contributed by atoms with Crippen molar-refractivity contribution in [3.63, 3.8) is 0 Å². The Balaban J connectivity index is 1.58. The molecule has 0 fully saturated rings. The summed E-state index contributed by atoms with van der Waals surface area (Å²) in [4.78, 5) is 5.09. The maximum Gasteiger partial charge on any atom is 0.153 e. The van der Waals surface area contributed by atoms with Crippen molar-refractivity contribution < 1.29 is 9.47 Å². The van der Waals surface area contributed by atoms with E-state index >= 15 is 0 Å². The summed E-state index contributed by atoms with van der Waals surface area (Å²) in [7, 11) is 0. The number of ether oxygens (including phenoxy) is 2. The fourth-order valence-electron chi connectivity index (χ4n) is 1.91. The molecule has 0 aliphatic heterocycles. The van der Waals surface area contributed by atoms with Crippen LogP contribution in [0.25, 0.3) is 12.0 Å². The van der Waals surface area contributed by atoms with Crippen LogP contribution in [0.4, 0.5) is 0 Å². The fraction of sp³-hybridized carbons (Fsp3) is 0.118. The van der Waals surface area contributed by atoms with Crippen molar-refractivity contribution in [2.45, 2.75) is 0 Å². The van der Waals surface area contributed by atoms with E-state index in [9.17, 15) is 0 Å². The second kappa shape index (κ2) is 7.85. The van der Waals surface area contributed by atoms with Gasteiger partial charge >= 0.3 is 0 Å². The highest BCUT2D eigenvalue weighted by Crippen LogP contribution is 2.22. The number of rotatable bonds is 7. The summed E-state index contributed by atoms with van der Waals surface area (Å²) < 4.78 is 13.4. The lowest BCUT2D eigenvalue weighted by molar-refractivity contribution is 0.196. The molecule has 0 saturated heterocycles. The molecule has 0 radical (unpaired) electrons. The molecule has 0 amide bonds. The summed E-state index contributed by atoms with van der Waals surface area (Å²) in [5.41, 5.74) is 0. The maximum atomic E-state index is 5.88. The maximum absolute atomic E-state index is 5.88. The average molecular weight is 347 g/mol. The van der Waals surface area contributed by atoms with Gasteiger partial charge in [0.2, 0.25) is 0 Å². The Morgan fingerprint density at radius 2 is 2.09 bits per heavy atom. The van der Waals surface area contributed by atoms with Crippen molar-refractivity contribution in [3.8, 4) is 5.75 Å². The van der Waals surface area contributed by atoms with Crippen LogP contribution in [0.1, 0.15) is 4.88 Å². The van der Waals surface area contributed by atoms with Gasteiger partial charge in [0.25, 0.3) is 0 Å². The molecule has 0 N–H and O–H groups in total. The summed E-state index contributed by atoms with van der Waals surface area (Å²) in [6.07, 6.45) is 7.22. The zero-order valence-electron chi connectivity index (χ0n) is 12.3. The number of thiophene rings is 1. The summed E-state index contributed by atoms with van der Waals surface area (Å²) in [5, 5.41) is 2.71. The number of nitrogens with zero attached hydrogens (tertiary/aromatic N) is 2. The van der Waals surface area contributed by atoms with Gasteiger partial charge in [-0.1, -0.05) is 17.7 Å². The molecule has 118 valence electrons. The molecule has 6 heteroatoms. The first-order chi connectivity index (χ1) is 11.3. The zero-order chi connectivity index (χ0) is 15.9. The van der Waals surface area contributed by atoms with Crippen LogP contribution < -0.4 is 4.74 Å². The molecule has 0 saturated carbocycles. The van der Waals surface area contributed by atoms with Gasteiger partial charge in [0.1, 0.15) is 19.0 Å². The third-order valence-corrected chi connectivity index (χ3v) is 4.11. The normalized spacial score (nSPS) is 11.4. The van der Waals surface area contributed by atoms with Gasteiger partial charge in [-0.05, 0) is 35.7 Å². The first-order valence-electron chi connectivity index (χ1n) is 7.05. The minimum atomic E-state index is 0.445. The van der Waals surface area contributed by atoms with E-state index in [2.05, 4.69) is 4.98 Å². The Hall–Kier alpha value is -2.24. The molecule has 1 aromatic carbocycles. The second-order valence-electron chi connectivity index (χ2n) is 4.63. The lowest BCUT2D eigenvalue weighted by atomic mass is 10.3. The average Bonchev–Trinajstić information content (AvgIpc) is 3.25. The Kier molecular flexibility index (Phi) is 5.34. The van der Waals surface area contributed by atoms with Crippen molar-refractivity contribution in [2.24, 2.45) is 0 Å². The topological polar surface area (TPSA) is 36.3 Å². The first kappa shape index (κ1) is 15.6. The Labute approximate surface area is 143 Å². The molecule has 2 aromatic heterocycles. The molecule has 2 heterocycles. The van der Waals surface area contributed by atoms with Crippen LogP contribution in [0, 0.1) is 0 Å². The van der Waals surface area contributed by atoms with Crippen LogP contribution >= 0.6 is 22.9 Å². The minimum Gasteiger partial charge on any atom is -0.490 e. The minimum absolute atomic E-state index is 0.445. The van der Waals surface area contributed by atoms with Crippen LogP contribution in [-0.2, 0) is 4.74 Å². The van der Waals surface area contributed by atoms with Gasteiger partial charge in [-0.2, -0.15) is 0 Å². The van der Waals surface area contributed by atoms with E-state index < -0.39 is 0 Å². The number of aromatic nitrogens is 2. The van der Waals surface area contributed by atoms with Gasteiger partial charge in [-0.3, -0.25) is 0 Å². The fourth-order valence-corrected chi connectivity index (χ4v) is 2.73. The Morgan fingerprint density at radius 1 is 1.22 bits per heavy atom. The lowest BCUT2D eigenvalue weighted by Gasteiger charge is -2.11. The molecular formula is C17H15ClN2O2S. The standard InChI is InChI=1S/C17H15ClN2O2S/c18-14-3-5-15(6-4-14)21-9-10-22-16(17-2-1-11-23-17)12-20-8-7-19-13-20/h1-8,11-13H,9-10H2/b16-12+. The van der Waals surface area contributed by atoms with Crippen molar-refractivity contribution in [1.82, 2.24) is 9.55 Å². The van der Waals surface area contributed by atoms with Gasteiger partial charge in [-0.25, -0.2) is 4.98 Å². The van der Waals surface area contributed by atoms with Gasteiger partial charge < -0.3 is 14.0 Å².